The summed E-state index contributed by atoms with van der Waals surface area (Å²) in [5.74, 6) is 0. The number of aryl methyl sites for hydroxylation is 1. The molecule has 1 aromatic carbocycles. The van der Waals surface area contributed by atoms with Crippen LogP contribution in [0, 0.1) is 6.92 Å². The lowest BCUT2D eigenvalue weighted by molar-refractivity contribution is 0.716. The SMILES string of the molecule is CCNCCc1ccc(C)c(Cl)c1. The van der Waals surface area contributed by atoms with Gasteiger partial charge in [-0.1, -0.05) is 30.7 Å². The Hall–Kier alpha value is -0.530. The number of hydrogen-bond donors (Lipinski definition) is 1. The van der Waals surface area contributed by atoms with Crippen molar-refractivity contribution >= 4 is 11.6 Å². The van der Waals surface area contributed by atoms with Gasteiger partial charge in [-0.15, -0.1) is 0 Å². The molecule has 0 fully saturated rings. The lowest BCUT2D eigenvalue weighted by Gasteiger charge is -2.04. The number of rotatable bonds is 4. The summed E-state index contributed by atoms with van der Waals surface area (Å²) in [6.45, 7) is 6.19. The molecule has 13 heavy (non-hydrogen) atoms. The molecule has 2 heteroatoms. The maximum absolute atomic E-state index is 6.01. The third-order valence-electron chi connectivity index (χ3n) is 2.08. The highest BCUT2D eigenvalue weighted by atomic mass is 35.5. The Balaban J connectivity index is 2.53. The monoisotopic (exact) mass is 197 g/mol. The van der Waals surface area contributed by atoms with E-state index in [1.165, 1.54) is 5.56 Å². The van der Waals surface area contributed by atoms with Crippen LogP contribution in [0.1, 0.15) is 18.1 Å². The van der Waals surface area contributed by atoms with Gasteiger partial charge < -0.3 is 5.32 Å². The fraction of sp³-hybridized carbons (Fsp3) is 0.455. The summed E-state index contributed by atoms with van der Waals surface area (Å²) < 4.78 is 0. The van der Waals surface area contributed by atoms with E-state index >= 15 is 0 Å². The fourth-order valence-electron chi connectivity index (χ4n) is 1.20. The van der Waals surface area contributed by atoms with Gasteiger partial charge in [0.2, 0.25) is 0 Å². The van der Waals surface area contributed by atoms with Crippen LogP contribution in [0.4, 0.5) is 0 Å². The highest BCUT2D eigenvalue weighted by Gasteiger charge is 1.96. The summed E-state index contributed by atoms with van der Waals surface area (Å²) in [4.78, 5) is 0. The summed E-state index contributed by atoms with van der Waals surface area (Å²) in [5, 5.41) is 4.16. The molecule has 0 unspecified atom stereocenters. The van der Waals surface area contributed by atoms with Crippen LogP contribution in [0.25, 0.3) is 0 Å². The van der Waals surface area contributed by atoms with Gasteiger partial charge in [-0.3, -0.25) is 0 Å². The number of halogens is 1. The van der Waals surface area contributed by atoms with E-state index in [1.807, 2.05) is 13.0 Å². The number of hydrogen-bond acceptors (Lipinski definition) is 1. The van der Waals surface area contributed by atoms with Crippen molar-refractivity contribution < 1.29 is 0 Å². The van der Waals surface area contributed by atoms with Crippen molar-refractivity contribution in [1.82, 2.24) is 5.32 Å². The summed E-state index contributed by atoms with van der Waals surface area (Å²) in [6.07, 6.45) is 1.05. The first-order valence-electron chi connectivity index (χ1n) is 4.69. The molecule has 0 aliphatic rings. The lowest BCUT2D eigenvalue weighted by atomic mass is 10.1. The van der Waals surface area contributed by atoms with Crippen molar-refractivity contribution in [2.24, 2.45) is 0 Å². The Bertz CT molecular complexity index is 271. The Morgan fingerprint density at radius 1 is 1.38 bits per heavy atom. The molecular formula is C11H16ClN. The first-order valence-corrected chi connectivity index (χ1v) is 5.07. The van der Waals surface area contributed by atoms with Gasteiger partial charge >= 0.3 is 0 Å². The number of benzene rings is 1. The molecule has 0 aromatic heterocycles. The summed E-state index contributed by atoms with van der Waals surface area (Å²) in [6, 6.07) is 6.26. The van der Waals surface area contributed by atoms with Crippen LogP contribution >= 0.6 is 11.6 Å². The van der Waals surface area contributed by atoms with Crippen LogP contribution in [0.2, 0.25) is 5.02 Å². The summed E-state index contributed by atoms with van der Waals surface area (Å²) >= 11 is 6.01. The van der Waals surface area contributed by atoms with E-state index in [4.69, 9.17) is 11.6 Å². The van der Waals surface area contributed by atoms with E-state index < -0.39 is 0 Å². The van der Waals surface area contributed by atoms with Crippen molar-refractivity contribution in [3.63, 3.8) is 0 Å². The second kappa shape index (κ2) is 5.25. The zero-order valence-corrected chi connectivity index (χ0v) is 8.99. The molecule has 1 rings (SSSR count). The fourth-order valence-corrected chi connectivity index (χ4v) is 1.40. The minimum atomic E-state index is 0.869. The topological polar surface area (TPSA) is 12.0 Å². The van der Waals surface area contributed by atoms with Gasteiger partial charge in [0, 0.05) is 5.02 Å². The van der Waals surface area contributed by atoms with Crippen molar-refractivity contribution in [2.45, 2.75) is 20.3 Å². The highest BCUT2D eigenvalue weighted by molar-refractivity contribution is 6.31. The summed E-state index contributed by atoms with van der Waals surface area (Å²) in [7, 11) is 0. The van der Waals surface area contributed by atoms with Gasteiger partial charge in [-0.25, -0.2) is 0 Å². The summed E-state index contributed by atoms with van der Waals surface area (Å²) in [5.41, 5.74) is 2.45. The molecule has 0 radical (unpaired) electrons. The lowest BCUT2D eigenvalue weighted by Crippen LogP contribution is -2.15. The van der Waals surface area contributed by atoms with Crippen molar-refractivity contribution in [3.05, 3.63) is 34.3 Å². The van der Waals surface area contributed by atoms with E-state index in [-0.39, 0.29) is 0 Å². The van der Waals surface area contributed by atoms with Gasteiger partial charge in [0.15, 0.2) is 0 Å². The van der Waals surface area contributed by atoms with Crippen LogP contribution in [0.3, 0.4) is 0 Å². The van der Waals surface area contributed by atoms with Gasteiger partial charge in [-0.05, 0) is 43.6 Å². The zero-order chi connectivity index (χ0) is 9.68. The maximum Gasteiger partial charge on any atom is 0.0437 e. The molecule has 1 N–H and O–H groups in total. The van der Waals surface area contributed by atoms with Gasteiger partial charge in [0.05, 0.1) is 0 Å². The number of nitrogens with one attached hydrogen (secondary N) is 1. The van der Waals surface area contributed by atoms with E-state index in [0.29, 0.717) is 0 Å². The zero-order valence-electron chi connectivity index (χ0n) is 8.23. The van der Waals surface area contributed by atoms with E-state index in [2.05, 4.69) is 24.4 Å². The Morgan fingerprint density at radius 2 is 2.15 bits per heavy atom. The molecule has 0 saturated heterocycles. The molecule has 1 nitrogen and oxygen atoms in total. The average molecular weight is 198 g/mol. The normalized spacial score (nSPS) is 10.4. The van der Waals surface area contributed by atoms with E-state index in [9.17, 15) is 0 Å². The van der Waals surface area contributed by atoms with Crippen molar-refractivity contribution in [3.8, 4) is 0 Å². The predicted molar refractivity (Wildman–Crippen MR) is 58.4 cm³/mol. The smallest absolute Gasteiger partial charge is 0.0437 e. The Kier molecular flexibility index (Phi) is 4.26. The van der Waals surface area contributed by atoms with Gasteiger partial charge in [0.1, 0.15) is 0 Å². The minimum Gasteiger partial charge on any atom is -0.317 e. The Morgan fingerprint density at radius 3 is 2.77 bits per heavy atom. The van der Waals surface area contributed by atoms with Crippen LogP contribution in [-0.4, -0.2) is 13.1 Å². The number of likely N-dealkylation sites (N-methyl/N-ethyl adjacent to an activating group) is 1. The van der Waals surface area contributed by atoms with Crippen LogP contribution in [-0.2, 0) is 6.42 Å². The van der Waals surface area contributed by atoms with Crippen LogP contribution in [0.15, 0.2) is 18.2 Å². The standard InChI is InChI=1S/C11H16ClN/c1-3-13-7-6-10-5-4-9(2)11(12)8-10/h4-5,8,13H,3,6-7H2,1-2H3. The van der Waals surface area contributed by atoms with E-state index in [0.717, 1.165) is 30.1 Å². The average Bonchev–Trinajstić information content (AvgIpc) is 2.12. The largest absolute Gasteiger partial charge is 0.317 e. The predicted octanol–water partition coefficient (Wildman–Crippen LogP) is 2.80. The molecule has 0 saturated carbocycles. The van der Waals surface area contributed by atoms with Crippen LogP contribution in [0.5, 0.6) is 0 Å². The molecule has 0 amide bonds. The second-order valence-electron chi connectivity index (χ2n) is 3.19. The molecular weight excluding hydrogens is 182 g/mol. The maximum atomic E-state index is 6.01. The molecule has 0 atom stereocenters. The molecule has 0 bridgehead atoms. The Labute approximate surface area is 85.1 Å². The minimum absolute atomic E-state index is 0.869. The third-order valence-corrected chi connectivity index (χ3v) is 2.48. The molecule has 1 aromatic rings. The highest BCUT2D eigenvalue weighted by Crippen LogP contribution is 2.16. The van der Waals surface area contributed by atoms with Gasteiger partial charge in [0.25, 0.3) is 0 Å². The first kappa shape index (κ1) is 10.6. The van der Waals surface area contributed by atoms with E-state index in [1.54, 1.807) is 0 Å². The molecule has 0 aliphatic carbocycles. The molecule has 72 valence electrons. The van der Waals surface area contributed by atoms with Gasteiger partial charge in [-0.2, -0.15) is 0 Å². The van der Waals surface area contributed by atoms with Crippen molar-refractivity contribution in [2.75, 3.05) is 13.1 Å². The molecule has 0 spiro atoms. The molecule has 0 aliphatic heterocycles. The molecule has 0 heterocycles. The van der Waals surface area contributed by atoms with Crippen molar-refractivity contribution in [1.29, 1.82) is 0 Å². The van der Waals surface area contributed by atoms with Crippen LogP contribution < -0.4 is 5.32 Å². The first-order chi connectivity index (χ1) is 6.24. The quantitative estimate of drug-likeness (QED) is 0.733. The third kappa shape index (κ3) is 3.37. The second-order valence-corrected chi connectivity index (χ2v) is 3.59.